The van der Waals surface area contributed by atoms with E-state index in [-0.39, 0.29) is 5.69 Å². The predicted octanol–water partition coefficient (Wildman–Crippen LogP) is 2.85. The fourth-order valence-electron chi connectivity index (χ4n) is 1.68. The Kier molecular flexibility index (Phi) is 5.21. The van der Waals surface area contributed by atoms with Crippen molar-refractivity contribution in [2.45, 2.75) is 19.5 Å². The van der Waals surface area contributed by atoms with Crippen LogP contribution >= 0.6 is 0 Å². The molecule has 0 aromatic carbocycles. The molecule has 0 saturated carbocycles. The van der Waals surface area contributed by atoms with Gasteiger partial charge in [-0.3, -0.25) is 9.97 Å². The lowest BCUT2D eigenvalue weighted by Gasteiger charge is -2.15. The van der Waals surface area contributed by atoms with Gasteiger partial charge in [0, 0.05) is 13.3 Å². The van der Waals surface area contributed by atoms with E-state index in [0.29, 0.717) is 30.5 Å². The Morgan fingerprint density at radius 3 is 2.73 bits per heavy atom. The van der Waals surface area contributed by atoms with Crippen LogP contribution in [0.5, 0.6) is 5.75 Å². The molecule has 0 aliphatic heterocycles. The molecule has 0 bridgehead atoms. The second-order valence-electron chi connectivity index (χ2n) is 5.10. The van der Waals surface area contributed by atoms with Crippen LogP contribution in [0.4, 0.5) is 15.9 Å². The van der Waals surface area contributed by atoms with Crippen molar-refractivity contribution in [1.29, 1.82) is 0 Å². The van der Waals surface area contributed by atoms with E-state index in [2.05, 4.69) is 20.3 Å². The minimum absolute atomic E-state index is 0.258. The van der Waals surface area contributed by atoms with E-state index in [4.69, 9.17) is 9.47 Å². The molecule has 1 N–H and O–H groups in total. The zero-order valence-corrected chi connectivity index (χ0v) is 12.8. The number of halogens is 1. The highest BCUT2D eigenvalue weighted by atomic mass is 19.1. The largest absolute Gasteiger partial charge is 0.487 e. The number of aromatic nitrogens is 3. The molecule has 6 nitrogen and oxygen atoms in total. The Labute approximate surface area is 128 Å². The highest BCUT2D eigenvalue weighted by Crippen LogP contribution is 2.27. The smallest absolute Gasteiger partial charge is 0.161 e. The second kappa shape index (κ2) is 7.13. The summed E-state index contributed by atoms with van der Waals surface area (Å²) >= 11 is 0. The molecule has 0 unspecified atom stereocenters. The van der Waals surface area contributed by atoms with Crippen LogP contribution in [0.3, 0.4) is 0 Å². The Bertz CT molecular complexity index is 616. The molecule has 0 radical (unpaired) electrons. The lowest BCUT2D eigenvalue weighted by Crippen LogP contribution is -2.13. The van der Waals surface area contributed by atoms with E-state index < -0.39 is 5.67 Å². The van der Waals surface area contributed by atoms with Crippen LogP contribution in [0.25, 0.3) is 0 Å². The summed E-state index contributed by atoms with van der Waals surface area (Å²) in [6, 6.07) is 1.75. The number of hydrogen-bond acceptors (Lipinski definition) is 6. The number of ether oxygens (including phenoxy) is 2. The third kappa shape index (κ3) is 4.36. The number of anilines is 2. The van der Waals surface area contributed by atoms with Gasteiger partial charge in [-0.1, -0.05) is 0 Å². The maximum atomic E-state index is 13.9. The first-order valence-corrected chi connectivity index (χ1v) is 6.85. The van der Waals surface area contributed by atoms with Gasteiger partial charge in [0.25, 0.3) is 0 Å². The summed E-state index contributed by atoms with van der Waals surface area (Å²) in [6.07, 6.45) is 6.15. The highest BCUT2D eigenvalue weighted by molar-refractivity contribution is 5.62. The van der Waals surface area contributed by atoms with E-state index in [1.54, 1.807) is 25.6 Å². The monoisotopic (exact) mass is 306 g/mol. The number of methoxy groups -OCH3 is 1. The molecule has 0 fully saturated rings. The number of nitrogens with zero attached hydrogens (tertiary/aromatic N) is 3. The minimum Gasteiger partial charge on any atom is -0.487 e. The number of alkyl halides is 1. The summed E-state index contributed by atoms with van der Waals surface area (Å²) in [4.78, 5) is 12.3. The summed E-state index contributed by atoms with van der Waals surface area (Å²) in [7, 11) is 1.60. The molecule has 2 heterocycles. The topological polar surface area (TPSA) is 69.2 Å². The fraction of sp³-hybridized carbons (Fsp3) is 0.400. The van der Waals surface area contributed by atoms with Crippen molar-refractivity contribution >= 4 is 11.5 Å². The number of rotatable bonds is 7. The van der Waals surface area contributed by atoms with Crippen LogP contribution in [-0.2, 0) is 10.4 Å². The van der Waals surface area contributed by atoms with Crippen molar-refractivity contribution in [3.8, 4) is 5.75 Å². The summed E-state index contributed by atoms with van der Waals surface area (Å²) in [5.74, 6) is 0.997. The minimum atomic E-state index is -1.55. The van der Waals surface area contributed by atoms with Gasteiger partial charge in [-0.25, -0.2) is 9.37 Å². The molecule has 118 valence electrons. The summed E-state index contributed by atoms with van der Waals surface area (Å²) in [6.45, 7) is 3.75. The van der Waals surface area contributed by atoms with E-state index in [0.717, 1.165) is 0 Å². The van der Waals surface area contributed by atoms with Crippen molar-refractivity contribution in [2.24, 2.45) is 0 Å². The second-order valence-corrected chi connectivity index (χ2v) is 5.10. The van der Waals surface area contributed by atoms with Gasteiger partial charge < -0.3 is 14.8 Å². The molecule has 0 aliphatic carbocycles. The van der Waals surface area contributed by atoms with E-state index in [1.165, 1.54) is 26.2 Å². The molecule has 0 aliphatic rings. The third-order valence-corrected chi connectivity index (χ3v) is 2.84. The number of pyridine rings is 1. The van der Waals surface area contributed by atoms with E-state index >= 15 is 0 Å². The Hall–Kier alpha value is -2.28. The summed E-state index contributed by atoms with van der Waals surface area (Å²) in [5.41, 5.74) is -0.622. The maximum absolute atomic E-state index is 13.9. The molecule has 22 heavy (non-hydrogen) atoms. The maximum Gasteiger partial charge on any atom is 0.161 e. The van der Waals surface area contributed by atoms with Gasteiger partial charge in [0.15, 0.2) is 5.75 Å². The van der Waals surface area contributed by atoms with Crippen molar-refractivity contribution < 1.29 is 13.9 Å². The Balaban J connectivity index is 2.17. The average Bonchev–Trinajstić information content (AvgIpc) is 2.49. The molecule has 0 amide bonds. The van der Waals surface area contributed by atoms with Crippen LogP contribution in [-0.4, -0.2) is 35.3 Å². The zero-order valence-electron chi connectivity index (χ0n) is 12.8. The third-order valence-electron chi connectivity index (χ3n) is 2.84. The van der Waals surface area contributed by atoms with Crippen molar-refractivity contribution in [2.75, 3.05) is 25.6 Å². The van der Waals surface area contributed by atoms with E-state index in [1.807, 2.05) is 0 Å². The highest BCUT2D eigenvalue weighted by Gasteiger charge is 2.21. The molecular formula is C15H19FN4O2. The van der Waals surface area contributed by atoms with Crippen molar-refractivity contribution in [1.82, 2.24) is 15.0 Å². The van der Waals surface area contributed by atoms with Crippen LogP contribution in [0.2, 0.25) is 0 Å². The van der Waals surface area contributed by atoms with Gasteiger partial charge in [-0.2, -0.15) is 0 Å². The van der Waals surface area contributed by atoms with Crippen LogP contribution in [0.1, 0.15) is 19.5 Å². The average molecular weight is 306 g/mol. The summed E-state index contributed by atoms with van der Waals surface area (Å²) < 4.78 is 24.5. The van der Waals surface area contributed by atoms with Crippen LogP contribution in [0, 0.1) is 0 Å². The normalized spacial score (nSPS) is 11.3. The first-order valence-electron chi connectivity index (χ1n) is 6.85. The molecule has 2 rings (SSSR count). The molecule has 0 saturated heterocycles. The van der Waals surface area contributed by atoms with Crippen LogP contribution < -0.4 is 10.1 Å². The molecule has 2 aromatic rings. The standard InChI is InChI=1S/C15H19FN4O2/c1-15(2,16)13-9-18-10-14(20-13)19-11-4-5-17-8-12(11)22-7-6-21-3/h4-5,8-10H,6-7H2,1-3H3,(H,17,19,20). The van der Waals surface area contributed by atoms with Gasteiger partial charge in [-0.05, 0) is 19.9 Å². The molecule has 2 aromatic heterocycles. The molecular weight excluding hydrogens is 287 g/mol. The van der Waals surface area contributed by atoms with Crippen LogP contribution in [0.15, 0.2) is 30.9 Å². The van der Waals surface area contributed by atoms with Crippen molar-refractivity contribution in [3.05, 3.63) is 36.5 Å². The van der Waals surface area contributed by atoms with E-state index in [9.17, 15) is 4.39 Å². The summed E-state index contributed by atoms with van der Waals surface area (Å²) in [5, 5.41) is 3.07. The number of nitrogens with one attached hydrogen (secondary N) is 1. The lowest BCUT2D eigenvalue weighted by atomic mass is 10.1. The predicted molar refractivity (Wildman–Crippen MR) is 81.1 cm³/mol. The van der Waals surface area contributed by atoms with Gasteiger partial charge in [0.2, 0.25) is 0 Å². The van der Waals surface area contributed by atoms with Gasteiger partial charge in [0.1, 0.15) is 18.1 Å². The Morgan fingerprint density at radius 2 is 2.00 bits per heavy atom. The zero-order chi connectivity index (χ0) is 16.0. The molecule has 7 heteroatoms. The van der Waals surface area contributed by atoms with Crippen molar-refractivity contribution in [3.63, 3.8) is 0 Å². The Morgan fingerprint density at radius 1 is 1.18 bits per heavy atom. The quantitative estimate of drug-likeness (QED) is 0.793. The fourth-order valence-corrected chi connectivity index (χ4v) is 1.68. The van der Waals surface area contributed by atoms with Gasteiger partial charge in [-0.15, -0.1) is 0 Å². The first kappa shape index (κ1) is 16.1. The van der Waals surface area contributed by atoms with Gasteiger partial charge in [0.05, 0.1) is 36.6 Å². The SMILES string of the molecule is COCCOc1cnccc1Nc1cncc(C(C)(C)F)n1. The lowest BCUT2D eigenvalue weighted by molar-refractivity contribution is 0.146. The first-order chi connectivity index (χ1) is 10.5. The number of hydrogen-bond donors (Lipinski definition) is 1. The molecule has 0 spiro atoms. The van der Waals surface area contributed by atoms with Gasteiger partial charge >= 0.3 is 0 Å². The molecule has 0 atom stereocenters.